The van der Waals surface area contributed by atoms with Crippen LogP contribution in [0.4, 0.5) is 0 Å². The van der Waals surface area contributed by atoms with E-state index in [1.165, 1.54) is 19.3 Å². The van der Waals surface area contributed by atoms with Gasteiger partial charge >= 0.3 is 0 Å². The largest absolute Gasteiger partial charge is 0.359 e. The van der Waals surface area contributed by atoms with Crippen LogP contribution in [0.3, 0.4) is 0 Å². The van der Waals surface area contributed by atoms with Gasteiger partial charge in [0.1, 0.15) is 9.96 Å². The van der Waals surface area contributed by atoms with E-state index in [4.69, 9.17) is 4.74 Å². The van der Waals surface area contributed by atoms with Gasteiger partial charge in [-0.25, -0.2) is 0 Å². The van der Waals surface area contributed by atoms with Gasteiger partial charge in [-0.1, -0.05) is 38.3 Å². The standard InChI is InChI=1S/C11H13Br2NO2/c12-11(13)9(2-1-3-9)10(11)4-7-5-16-6-14(7)8(10)15/h7H,1-6H2. The van der Waals surface area contributed by atoms with Crippen molar-refractivity contribution in [3.63, 3.8) is 0 Å². The minimum absolute atomic E-state index is 0.139. The molecule has 0 N–H and O–H groups in total. The van der Waals surface area contributed by atoms with Crippen molar-refractivity contribution < 1.29 is 9.53 Å². The maximum absolute atomic E-state index is 12.6. The molecule has 5 heteroatoms. The Labute approximate surface area is 111 Å². The molecular weight excluding hydrogens is 338 g/mol. The highest BCUT2D eigenvalue weighted by Crippen LogP contribution is 2.89. The number of hydrogen-bond donors (Lipinski definition) is 0. The molecule has 0 aromatic heterocycles. The third kappa shape index (κ3) is 0.757. The van der Waals surface area contributed by atoms with E-state index in [0.717, 1.165) is 13.0 Å². The van der Waals surface area contributed by atoms with Crippen LogP contribution in [0.25, 0.3) is 0 Å². The van der Waals surface area contributed by atoms with Crippen molar-refractivity contribution in [2.24, 2.45) is 10.8 Å². The smallest absolute Gasteiger partial charge is 0.233 e. The number of carbonyl (C=O) groups excluding carboxylic acids is 1. The molecule has 2 aliphatic heterocycles. The number of alkyl halides is 2. The Morgan fingerprint density at radius 1 is 1.38 bits per heavy atom. The highest BCUT2D eigenvalue weighted by molar-refractivity contribution is 9.25. The molecule has 2 atom stereocenters. The average molecular weight is 351 g/mol. The first-order chi connectivity index (χ1) is 7.57. The van der Waals surface area contributed by atoms with Gasteiger partial charge in [0.2, 0.25) is 5.91 Å². The fourth-order valence-electron chi connectivity index (χ4n) is 4.17. The number of nitrogens with zero attached hydrogens (tertiary/aromatic N) is 1. The molecule has 0 bridgehead atoms. The number of ether oxygens (including phenoxy) is 1. The molecule has 0 aromatic rings. The number of fused-ring (bicyclic) bond motifs is 2. The maximum Gasteiger partial charge on any atom is 0.233 e. The monoisotopic (exact) mass is 349 g/mol. The Bertz CT molecular complexity index is 393. The summed E-state index contributed by atoms with van der Waals surface area (Å²) in [6.45, 7) is 1.22. The molecule has 2 saturated heterocycles. The third-order valence-electron chi connectivity index (χ3n) is 5.25. The van der Waals surface area contributed by atoms with Crippen LogP contribution in [-0.4, -0.2) is 33.4 Å². The summed E-state index contributed by atoms with van der Waals surface area (Å²) in [4.78, 5) is 14.5. The summed E-state index contributed by atoms with van der Waals surface area (Å²) in [6, 6.07) is 0.321. The van der Waals surface area contributed by atoms with Crippen molar-refractivity contribution >= 4 is 37.8 Å². The van der Waals surface area contributed by atoms with Crippen molar-refractivity contribution in [3.05, 3.63) is 0 Å². The SMILES string of the molecule is O=C1N2COCC2CC12C(Br)(Br)C21CCC1. The van der Waals surface area contributed by atoms with Crippen molar-refractivity contribution in [2.75, 3.05) is 13.3 Å². The summed E-state index contributed by atoms with van der Waals surface area (Å²) >= 11 is 7.56. The minimum atomic E-state index is -0.174. The second-order valence-corrected chi connectivity index (χ2v) is 8.99. The normalized spacial score (nSPS) is 46.2. The molecule has 1 amide bonds. The molecule has 4 fully saturated rings. The summed E-state index contributed by atoms with van der Waals surface area (Å²) in [5.41, 5.74) is 0.0219. The average Bonchev–Trinajstić information content (AvgIpc) is 2.54. The van der Waals surface area contributed by atoms with Gasteiger partial charge in [0, 0.05) is 5.41 Å². The van der Waals surface area contributed by atoms with E-state index in [1.807, 2.05) is 4.90 Å². The lowest BCUT2D eigenvalue weighted by Gasteiger charge is -2.30. The fourth-order valence-corrected chi connectivity index (χ4v) is 6.86. The number of halogens is 2. The maximum atomic E-state index is 12.6. The molecule has 4 aliphatic rings. The van der Waals surface area contributed by atoms with Gasteiger partial charge in [-0.3, -0.25) is 4.79 Å². The van der Waals surface area contributed by atoms with Crippen molar-refractivity contribution in [1.82, 2.24) is 4.90 Å². The van der Waals surface area contributed by atoms with Crippen LogP contribution in [0.5, 0.6) is 0 Å². The number of carbonyl (C=O) groups is 1. The topological polar surface area (TPSA) is 29.5 Å². The zero-order valence-corrected chi connectivity index (χ0v) is 12.0. The molecule has 2 heterocycles. The molecule has 0 aromatic carbocycles. The minimum Gasteiger partial charge on any atom is -0.359 e. The summed E-state index contributed by atoms with van der Waals surface area (Å²) in [7, 11) is 0. The predicted octanol–water partition coefficient (Wildman–Crippen LogP) is 2.23. The number of rotatable bonds is 0. The summed E-state index contributed by atoms with van der Waals surface area (Å²) in [5.74, 6) is 0.309. The van der Waals surface area contributed by atoms with Crippen LogP contribution >= 0.6 is 31.9 Å². The van der Waals surface area contributed by atoms with Gasteiger partial charge in [-0.2, -0.15) is 0 Å². The van der Waals surface area contributed by atoms with Crippen molar-refractivity contribution in [1.29, 1.82) is 0 Å². The molecular formula is C11H13Br2NO2. The molecule has 2 aliphatic carbocycles. The Kier molecular flexibility index (Phi) is 1.74. The third-order valence-corrected chi connectivity index (χ3v) is 8.12. The van der Waals surface area contributed by atoms with Gasteiger partial charge in [-0.05, 0) is 19.3 Å². The second-order valence-electron chi connectivity index (χ2n) is 5.55. The molecule has 88 valence electrons. The predicted molar refractivity (Wildman–Crippen MR) is 65.4 cm³/mol. The Morgan fingerprint density at radius 2 is 2.12 bits per heavy atom. The Hall–Kier alpha value is 0.390. The van der Waals surface area contributed by atoms with E-state index in [-0.39, 0.29) is 14.1 Å². The fraction of sp³-hybridized carbons (Fsp3) is 0.909. The quantitative estimate of drug-likeness (QED) is 0.627. The lowest BCUT2D eigenvalue weighted by atomic mass is 9.74. The lowest BCUT2D eigenvalue weighted by molar-refractivity contribution is -0.135. The van der Waals surface area contributed by atoms with E-state index in [2.05, 4.69) is 31.9 Å². The number of amides is 1. The molecule has 3 nitrogen and oxygen atoms in total. The molecule has 2 unspecified atom stereocenters. The Balaban J connectivity index is 1.77. The molecule has 2 saturated carbocycles. The first-order valence-corrected chi connectivity index (χ1v) is 7.42. The summed E-state index contributed by atoms with van der Waals surface area (Å²) in [5, 5.41) is 0. The van der Waals surface area contributed by atoms with Gasteiger partial charge in [-0.15, -0.1) is 0 Å². The second kappa shape index (κ2) is 2.69. The van der Waals surface area contributed by atoms with Gasteiger partial charge in [0.25, 0.3) is 0 Å². The lowest BCUT2D eigenvalue weighted by Crippen LogP contribution is -2.33. The first kappa shape index (κ1) is 10.3. The van der Waals surface area contributed by atoms with E-state index < -0.39 is 0 Å². The van der Waals surface area contributed by atoms with E-state index in [9.17, 15) is 4.79 Å². The number of hydrogen-bond acceptors (Lipinski definition) is 2. The van der Waals surface area contributed by atoms with E-state index in [0.29, 0.717) is 18.7 Å². The van der Waals surface area contributed by atoms with E-state index in [1.54, 1.807) is 0 Å². The van der Waals surface area contributed by atoms with Crippen LogP contribution in [-0.2, 0) is 9.53 Å². The zero-order chi connectivity index (χ0) is 11.2. The van der Waals surface area contributed by atoms with Gasteiger partial charge in [0.05, 0.1) is 18.1 Å². The van der Waals surface area contributed by atoms with E-state index >= 15 is 0 Å². The van der Waals surface area contributed by atoms with Crippen LogP contribution in [0.2, 0.25) is 0 Å². The van der Waals surface area contributed by atoms with Crippen LogP contribution in [0.15, 0.2) is 0 Å². The molecule has 0 radical (unpaired) electrons. The Morgan fingerprint density at radius 3 is 2.62 bits per heavy atom. The van der Waals surface area contributed by atoms with Crippen LogP contribution in [0.1, 0.15) is 25.7 Å². The van der Waals surface area contributed by atoms with Gasteiger partial charge < -0.3 is 9.64 Å². The summed E-state index contributed by atoms with van der Waals surface area (Å²) in [6.07, 6.45) is 4.57. The van der Waals surface area contributed by atoms with Gasteiger partial charge in [0.15, 0.2) is 0 Å². The molecule has 4 rings (SSSR count). The van der Waals surface area contributed by atoms with Crippen molar-refractivity contribution in [3.8, 4) is 0 Å². The zero-order valence-electron chi connectivity index (χ0n) is 8.84. The van der Waals surface area contributed by atoms with Crippen LogP contribution in [0, 0.1) is 10.8 Å². The van der Waals surface area contributed by atoms with Crippen molar-refractivity contribution in [2.45, 2.75) is 35.0 Å². The summed E-state index contributed by atoms with van der Waals surface area (Å²) < 4.78 is 5.23. The first-order valence-electron chi connectivity index (χ1n) is 5.83. The molecule has 2 spiro atoms. The highest BCUT2D eigenvalue weighted by atomic mass is 79.9. The molecule has 16 heavy (non-hydrogen) atoms. The van der Waals surface area contributed by atoms with Crippen LogP contribution < -0.4 is 0 Å². The highest BCUT2D eigenvalue weighted by Gasteiger charge is 2.92.